The Balaban J connectivity index is 2.05. The van der Waals surface area contributed by atoms with Crippen molar-refractivity contribution >= 4 is 29.3 Å². The van der Waals surface area contributed by atoms with Gasteiger partial charge in [-0.05, 0) is 25.1 Å². The average molecular weight is 377 g/mol. The smallest absolute Gasteiger partial charge is 0.343 e. The van der Waals surface area contributed by atoms with Crippen molar-refractivity contribution in [2.75, 3.05) is 32.3 Å². The standard InChI is InChI=1S/C17H19N3O5S/c1-4-25-16(22)11-8-19-17(20-15(11)18)26-9-12(21)10-5-6-13(23-2)14(7-10)24-3/h5-8H,4,9H2,1-3H3,(H2,18,19,20). The molecule has 1 aromatic heterocycles. The lowest BCUT2D eigenvalue weighted by molar-refractivity contribution is 0.0526. The minimum atomic E-state index is -0.581. The molecular weight excluding hydrogens is 358 g/mol. The quantitative estimate of drug-likeness (QED) is 0.320. The van der Waals surface area contributed by atoms with Crippen molar-refractivity contribution in [1.82, 2.24) is 9.97 Å². The Morgan fingerprint density at radius 3 is 2.54 bits per heavy atom. The van der Waals surface area contributed by atoms with Crippen molar-refractivity contribution in [2.45, 2.75) is 12.1 Å². The molecular formula is C17H19N3O5S. The second-order valence-corrected chi connectivity index (χ2v) is 5.90. The van der Waals surface area contributed by atoms with E-state index in [2.05, 4.69) is 9.97 Å². The lowest BCUT2D eigenvalue weighted by Crippen LogP contribution is -2.11. The van der Waals surface area contributed by atoms with E-state index in [9.17, 15) is 9.59 Å². The van der Waals surface area contributed by atoms with Crippen LogP contribution in [0.1, 0.15) is 27.6 Å². The molecule has 0 radical (unpaired) electrons. The zero-order chi connectivity index (χ0) is 19.1. The van der Waals surface area contributed by atoms with Gasteiger partial charge in [0.25, 0.3) is 0 Å². The number of carbonyl (C=O) groups is 2. The Bertz CT molecular complexity index is 813. The van der Waals surface area contributed by atoms with Gasteiger partial charge >= 0.3 is 5.97 Å². The van der Waals surface area contributed by atoms with E-state index in [4.69, 9.17) is 19.9 Å². The fraction of sp³-hybridized carbons (Fsp3) is 0.294. The van der Waals surface area contributed by atoms with Crippen LogP contribution < -0.4 is 15.2 Å². The number of nitrogen functional groups attached to an aromatic ring is 1. The minimum Gasteiger partial charge on any atom is -0.493 e. The van der Waals surface area contributed by atoms with Gasteiger partial charge in [0.05, 0.1) is 26.6 Å². The number of esters is 1. The number of carbonyl (C=O) groups excluding carboxylic acids is 2. The molecule has 0 aliphatic heterocycles. The molecule has 0 spiro atoms. The number of ether oxygens (including phenoxy) is 3. The molecule has 0 aliphatic rings. The van der Waals surface area contributed by atoms with E-state index < -0.39 is 5.97 Å². The first-order valence-electron chi connectivity index (χ1n) is 7.67. The number of aromatic nitrogens is 2. The van der Waals surface area contributed by atoms with Crippen LogP contribution in [0.15, 0.2) is 29.6 Å². The number of anilines is 1. The number of Topliss-reactive ketones (excluding diaryl/α,β-unsaturated/α-hetero) is 1. The molecule has 2 N–H and O–H groups in total. The first-order chi connectivity index (χ1) is 12.5. The number of nitrogens with zero attached hydrogens (tertiary/aromatic N) is 2. The van der Waals surface area contributed by atoms with Gasteiger partial charge in [0.2, 0.25) is 0 Å². The van der Waals surface area contributed by atoms with Gasteiger partial charge in [0.1, 0.15) is 11.4 Å². The lowest BCUT2D eigenvalue weighted by Gasteiger charge is -2.09. The highest BCUT2D eigenvalue weighted by Gasteiger charge is 2.15. The highest BCUT2D eigenvalue weighted by Crippen LogP contribution is 2.28. The molecule has 26 heavy (non-hydrogen) atoms. The van der Waals surface area contributed by atoms with Crippen LogP contribution in [-0.4, -0.2) is 48.3 Å². The summed E-state index contributed by atoms with van der Waals surface area (Å²) < 4.78 is 15.2. The van der Waals surface area contributed by atoms with Crippen LogP contribution in [-0.2, 0) is 4.74 Å². The van der Waals surface area contributed by atoms with Crippen molar-refractivity contribution in [3.05, 3.63) is 35.5 Å². The first kappa shape index (κ1) is 19.5. The summed E-state index contributed by atoms with van der Waals surface area (Å²) in [4.78, 5) is 32.1. The van der Waals surface area contributed by atoms with Crippen LogP contribution in [0, 0.1) is 0 Å². The molecule has 138 valence electrons. The zero-order valence-electron chi connectivity index (χ0n) is 14.6. The average Bonchev–Trinajstić information content (AvgIpc) is 2.65. The van der Waals surface area contributed by atoms with Crippen molar-refractivity contribution in [1.29, 1.82) is 0 Å². The molecule has 2 rings (SSSR count). The number of nitrogens with two attached hydrogens (primary N) is 1. The fourth-order valence-corrected chi connectivity index (χ4v) is 2.75. The molecule has 0 saturated heterocycles. The number of thioether (sulfide) groups is 1. The number of ketones is 1. The Morgan fingerprint density at radius 2 is 1.92 bits per heavy atom. The Kier molecular flexibility index (Phi) is 6.79. The molecule has 0 fully saturated rings. The second-order valence-electron chi connectivity index (χ2n) is 4.95. The fourth-order valence-electron chi connectivity index (χ4n) is 2.04. The van der Waals surface area contributed by atoms with Crippen LogP contribution in [0.4, 0.5) is 5.82 Å². The lowest BCUT2D eigenvalue weighted by atomic mass is 10.1. The minimum absolute atomic E-state index is 0.0134. The van der Waals surface area contributed by atoms with Gasteiger partial charge in [-0.15, -0.1) is 0 Å². The van der Waals surface area contributed by atoms with Crippen molar-refractivity contribution in [3.63, 3.8) is 0 Å². The van der Waals surface area contributed by atoms with Crippen LogP contribution >= 0.6 is 11.8 Å². The normalized spacial score (nSPS) is 10.3. The molecule has 2 aromatic rings. The Hall–Kier alpha value is -2.81. The Morgan fingerprint density at radius 1 is 1.19 bits per heavy atom. The predicted molar refractivity (Wildman–Crippen MR) is 97.0 cm³/mol. The first-order valence-corrected chi connectivity index (χ1v) is 8.66. The van der Waals surface area contributed by atoms with Gasteiger partial charge in [-0.2, -0.15) is 0 Å². The summed E-state index contributed by atoms with van der Waals surface area (Å²) in [5, 5.41) is 0.296. The molecule has 1 heterocycles. The molecule has 0 bridgehead atoms. The van der Waals surface area contributed by atoms with Crippen molar-refractivity contribution < 1.29 is 23.8 Å². The van der Waals surface area contributed by atoms with E-state index in [1.807, 2.05) is 0 Å². The van der Waals surface area contributed by atoms with E-state index in [0.717, 1.165) is 11.8 Å². The molecule has 8 nitrogen and oxygen atoms in total. The summed E-state index contributed by atoms with van der Waals surface area (Å²) in [6.45, 7) is 1.92. The molecule has 9 heteroatoms. The maximum atomic E-state index is 12.4. The summed E-state index contributed by atoms with van der Waals surface area (Å²) in [7, 11) is 3.03. The monoisotopic (exact) mass is 377 g/mol. The number of benzene rings is 1. The predicted octanol–water partition coefficient (Wildman–Crippen LogP) is 2.23. The highest BCUT2D eigenvalue weighted by molar-refractivity contribution is 7.99. The number of hydrogen-bond acceptors (Lipinski definition) is 9. The van der Waals surface area contributed by atoms with E-state index in [1.165, 1.54) is 20.4 Å². The summed E-state index contributed by atoms with van der Waals surface area (Å²) in [5.74, 6) is 0.424. The van der Waals surface area contributed by atoms with E-state index >= 15 is 0 Å². The molecule has 0 amide bonds. The largest absolute Gasteiger partial charge is 0.493 e. The third kappa shape index (κ3) is 4.63. The van der Waals surface area contributed by atoms with E-state index in [0.29, 0.717) is 22.2 Å². The molecule has 1 aromatic carbocycles. The Labute approximate surface area is 155 Å². The summed E-state index contributed by atoms with van der Waals surface area (Å²) >= 11 is 1.12. The molecule has 0 unspecified atom stereocenters. The van der Waals surface area contributed by atoms with Gasteiger partial charge in [-0.3, -0.25) is 4.79 Å². The van der Waals surface area contributed by atoms with Crippen molar-refractivity contribution in [3.8, 4) is 11.5 Å². The topological polar surface area (TPSA) is 114 Å². The van der Waals surface area contributed by atoms with Gasteiger partial charge in [-0.1, -0.05) is 11.8 Å². The second kappa shape index (κ2) is 9.04. The maximum absolute atomic E-state index is 12.4. The van der Waals surface area contributed by atoms with E-state index in [1.54, 1.807) is 25.1 Å². The summed E-state index contributed by atoms with van der Waals surface area (Å²) in [6.07, 6.45) is 1.30. The summed E-state index contributed by atoms with van der Waals surface area (Å²) in [6, 6.07) is 4.93. The third-order valence-electron chi connectivity index (χ3n) is 3.33. The van der Waals surface area contributed by atoms with Gasteiger partial charge in [0.15, 0.2) is 22.4 Å². The number of hydrogen-bond donors (Lipinski definition) is 1. The van der Waals surface area contributed by atoms with E-state index in [-0.39, 0.29) is 29.5 Å². The van der Waals surface area contributed by atoms with Crippen LogP contribution in [0.5, 0.6) is 11.5 Å². The molecule has 0 atom stereocenters. The third-order valence-corrected chi connectivity index (χ3v) is 4.19. The van der Waals surface area contributed by atoms with Gasteiger partial charge in [-0.25, -0.2) is 14.8 Å². The maximum Gasteiger partial charge on any atom is 0.343 e. The zero-order valence-corrected chi connectivity index (χ0v) is 15.5. The van der Waals surface area contributed by atoms with Crippen LogP contribution in [0.3, 0.4) is 0 Å². The number of methoxy groups -OCH3 is 2. The molecule has 0 saturated carbocycles. The van der Waals surface area contributed by atoms with Gasteiger partial charge in [0, 0.05) is 11.8 Å². The van der Waals surface area contributed by atoms with Crippen LogP contribution in [0.2, 0.25) is 0 Å². The van der Waals surface area contributed by atoms with Crippen molar-refractivity contribution in [2.24, 2.45) is 0 Å². The number of rotatable bonds is 8. The van der Waals surface area contributed by atoms with Gasteiger partial charge < -0.3 is 19.9 Å². The molecule has 0 aliphatic carbocycles. The SMILES string of the molecule is CCOC(=O)c1cnc(SCC(=O)c2ccc(OC)c(OC)c2)nc1N. The van der Waals surface area contributed by atoms with Crippen LogP contribution in [0.25, 0.3) is 0 Å². The summed E-state index contributed by atoms with van der Waals surface area (Å²) in [5.41, 5.74) is 6.34. The highest BCUT2D eigenvalue weighted by atomic mass is 32.2.